The van der Waals surface area contributed by atoms with Gasteiger partial charge in [-0.15, -0.1) is 0 Å². The summed E-state index contributed by atoms with van der Waals surface area (Å²) in [5.74, 6) is 0.921. The summed E-state index contributed by atoms with van der Waals surface area (Å²) in [5, 5.41) is 7.00. The van der Waals surface area contributed by atoms with Gasteiger partial charge in [0.1, 0.15) is 0 Å². The van der Waals surface area contributed by atoms with Crippen LogP contribution in [0.5, 0.6) is 0 Å². The minimum Gasteiger partial charge on any atom is -0.330 e. The first-order valence-electron chi connectivity index (χ1n) is 6.65. The standard InChI is InChI=1S/C14H19N5O/c1-11(10-15)5-6-13(20)18-12-4-2-7-16-14(12)19-9-3-8-17-19/h2-4,7-9,11H,5-6,10,15H2,1H3,(H,18,20). The number of pyridine rings is 1. The molecule has 1 atom stereocenters. The largest absolute Gasteiger partial charge is 0.330 e. The molecule has 0 aromatic carbocycles. The highest BCUT2D eigenvalue weighted by Crippen LogP contribution is 2.17. The van der Waals surface area contributed by atoms with Crippen molar-refractivity contribution >= 4 is 11.6 Å². The van der Waals surface area contributed by atoms with E-state index in [1.54, 1.807) is 29.3 Å². The van der Waals surface area contributed by atoms with Crippen molar-refractivity contribution in [1.82, 2.24) is 14.8 Å². The van der Waals surface area contributed by atoms with E-state index >= 15 is 0 Å². The number of hydrogen-bond donors (Lipinski definition) is 2. The maximum Gasteiger partial charge on any atom is 0.224 e. The van der Waals surface area contributed by atoms with Crippen molar-refractivity contribution in [2.75, 3.05) is 11.9 Å². The van der Waals surface area contributed by atoms with Crippen LogP contribution in [0.2, 0.25) is 0 Å². The van der Waals surface area contributed by atoms with Crippen molar-refractivity contribution in [3.8, 4) is 5.82 Å². The number of nitrogens with two attached hydrogens (primary N) is 1. The Morgan fingerprint density at radius 1 is 1.45 bits per heavy atom. The molecule has 1 amide bonds. The summed E-state index contributed by atoms with van der Waals surface area (Å²) in [7, 11) is 0. The monoisotopic (exact) mass is 273 g/mol. The van der Waals surface area contributed by atoms with Gasteiger partial charge in [0.25, 0.3) is 0 Å². The zero-order valence-electron chi connectivity index (χ0n) is 11.5. The fourth-order valence-electron chi connectivity index (χ4n) is 1.78. The number of aromatic nitrogens is 3. The summed E-state index contributed by atoms with van der Waals surface area (Å²) in [6, 6.07) is 5.41. The van der Waals surface area contributed by atoms with Crippen LogP contribution < -0.4 is 11.1 Å². The molecule has 6 nitrogen and oxygen atoms in total. The number of carbonyl (C=O) groups excluding carboxylic acids is 1. The van der Waals surface area contributed by atoms with E-state index in [-0.39, 0.29) is 5.91 Å². The molecule has 0 aliphatic rings. The molecule has 2 rings (SSSR count). The average molecular weight is 273 g/mol. The van der Waals surface area contributed by atoms with Crippen LogP contribution in [-0.2, 0) is 4.79 Å². The Bertz CT molecular complexity index is 552. The highest BCUT2D eigenvalue weighted by atomic mass is 16.1. The second-order valence-electron chi connectivity index (χ2n) is 4.75. The molecular formula is C14H19N5O. The van der Waals surface area contributed by atoms with E-state index in [9.17, 15) is 4.79 Å². The third-order valence-electron chi connectivity index (χ3n) is 3.05. The summed E-state index contributed by atoms with van der Waals surface area (Å²) in [5.41, 5.74) is 6.20. The summed E-state index contributed by atoms with van der Waals surface area (Å²) >= 11 is 0. The molecular weight excluding hydrogens is 254 g/mol. The molecule has 0 bridgehead atoms. The smallest absolute Gasteiger partial charge is 0.224 e. The van der Waals surface area contributed by atoms with Crippen LogP contribution in [0.1, 0.15) is 19.8 Å². The minimum absolute atomic E-state index is 0.0355. The van der Waals surface area contributed by atoms with E-state index in [2.05, 4.69) is 15.4 Å². The zero-order chi connectivity index (χ0) is 14.4. The Kier molecular flexibility index (Phi) is 4.84. The molecule has 0 spiro atoms. The minimum atomic E-state index is -0.0355. The van der Waals surface area contributed by atoms with E-state index < -0.39 is 0 Å². The van der Waals surface area contributed by atoms with Crippen LogP contribution in [0.4, 0.5) is 5.69 Å². The van der Waals surface area contributed by atoms with Gasteiger partial charge in [-0.25, -0.2) is 9.67 Å². The van der Waals surface area contributed by atoms with Crippen molar-refractivity contribution < 1.29 is 4.79 Å². The number of anilines is 1. The molecule has 0 aliphatic carbocycles. The highest BCUT2D eigenvalue weighted by molar-refractivity contribution is 5.92. The Morgan fingerprint density at radius 2 is 2.30 bits per heavy atom. The first-order valence-corrected chi connectivity index (χ1v) is 6.65. The molecule has 0 saturated carbocycles. The Labute approximate surface area is 118 Å². The van der Waals surface area contributed by atoms with Crippen molar-refractivity contribution in [3.05, 3.63) is 36.8 Å². The van der Waals surface area contributed by atoms with Gasteiger partial charge in [-0.2, -0.15) is 5.10 Å². The predicted molar refractivity (Wildman–Crippen MR) is 77.4 cm³/mol. The van der Waals surface area contributed by atoms with Gasteiger partial charge in [0, 0.05) is 25.0 Å². The van der Waals surface area contributed by atoms with Gasteiger partial charge in [-0.3, -0.25) is 4.79 Å². The van der Waals surface area contributed by atoms with Gasteiger partial charge >= 0.3 is 0 Å². The second kappa shape index (κ2) is 6.81. The first kappa shape index (κ1) is 14.2. The van der Waals surface area contributed by atoms with Crippen LogP contribution in [0.3, 0.4) is 0 Å². The van der Waals surface area contributed by atoms with E-state index in [1.165, 1.54) is 0 Å². The normalized spacial score (nSPS) is 12.1. The van der Waals surface area contributed by atoms with Crippen LogP contribution in [0.15, 0.2) is 36.8 Å². The van der Waals surface area contributed by atoms with E-state index in [0.29, 0.717) is 30.4 Å². The fourth-order valence-corrected chi connectivity index (χ4v) is 1.78. The van der Waals surface area contributed by atoms with Gasteiger partial charge in [0.05, 0.1) is 5.69 Å². The number of rotatable bonds is 6. The molecule has 2 aromatic heterocycles. The second-order valence-corrected chi connectivity index (χ2v) is 4.75. The zero-order valence-corrected chi connectivity index (χ0v) is 11.5. The molecule has 20 heavy (non-hydrogen) atoms. The molecule has 1 unspecified atom stereocenters. The lowest BCUT2D eigenvalue weighted by Crippen LogP contribution is -2.17. The number of amides is 1. The highest BCUT2D eigenvalue weighted by Gasteiger charge is 2.10. The van der Waals surface area contributed by atoms with Crippen molar-refractivity contribution in [3.63, 3.8) is 0 Å². The topological polar surface area (TPSA) is 85.8 Å². The van der Waals surface area contributed by atoms with Crippen LogP contribution in [0.25, 0.3) is 5.82 Å². The van der Waals surface area contributed by atoms with Crippen molar-refractivity contribution in [2.45, 2.75) is 19.8 Å². The molecule has 106 valence electrons. The molecule has 6 heteroatoms. The average Bonchev–Trinajstić information content (AvgIpc) is 2.99. The molecule has 0 aliphatic heterocycles. The summed E-state index contributed by atoms with van der Waals surface area (Å²) < 4.78 is 1.62. The molecule has 0 saturated heterocycles. The van der Waals surface area contributed by atoms with Gasteiger partial charge in [-0.1, -0.05) is 6.92 Å². The number of hydrogen-bond acceptors (Lipinski definition) is 4. The van der Waals surface area contributed by atoms with Gasteiger partial charge in [0.2, 0.25) is 5.91 Å². The SMILES string of the molecule is CC(CN)CCC(=O)Nc1cccnc1-n1cccn1. The molecule has 2 heterocycles. The Hall–Kier alpha value is -2.21. The van der Waals surface area contributed by atoms with Gasteiger partial charge < -0.3 is 11.1 Å². The lowest BCUT2D eigenvalue weighted by molar-refractivity contribution is -0.116. The first-order chi connectivity index (χ1) is 9.70. The van der Waals surface area contributed by atoms with E-state index in [1.807, 2.05) is 19.1 Å². The number of nitrogens with zero attached hydrogens (tertiary/aromatic N) is 3. The summed E-state index contributed by atoms with van der Waals surface area (Å²) in [6.07, 6.45) is 6.35. The van der Waals surface area contributed by atoms with E-state index in [0.717, 1.165) is 6.42 Å². The predicted octanol–water partition coefficient (Wildman–Crippen LogP) is 1.58. The Balaban J connectivity index is 2.04. The molecule has 2 aromatic rings. The summed E-state index contributed by atoms with van der Waals surface area (Å²) in [6.45, 7) is 2.63. The van der Waals surface area contributed by atoms with Crippen LogP contribution >= 0.6 is 0 Å². The molecule has 0 fully saturated rings. The van der Waals surface area contributed by atoms with Gasteiger partial charge in [0.15, 0.2) is 5.82 Å². The van der Waals surface area contributed by atoms with Crippen LogP contribution in [0, 0.1) is 5.92 Å². The lowest BCUT2D eigenvalue weighted by Gasteiger charge is -2.11. The maximum absolute atomic E-state index is 11.9. The Morgan fingerprint density at radius 3 is 3.00 bits per heavy atom. The third kappa shape index (κ3) is 3.64. The maximum atomic E-state index is 11.9. The van der Waals surface area contributed by atoms with Crippen molar-refractivity contribution in [1.29, 1.82) is 0 Å². The number of carbonyl (C=O) groups is 1. The molecule has 3 N–H and O–H groups in total. The van der Waals surface area contributed by atoms with Crippen LogP contribution in [-0.4, -0.2) is 27.2 Å². The fraction of sp³-hybridized carbons (Fsp3) is 0.357. The lowest BCUT2D eigenvalue weighted by atomic mass is 10.1. The molecule has 0 radical (unpaired) electrons. The summed E-state index contributed by atoms with van der Waals surface area (Å²) in [4.78, 5) is 16.2. The number of nitrogens with one attached hydrogen (secondary N) is 1. The quantitative estimate of drug-likeness (QED) is 0.836. The van der Waals surface area contributed by atoms with E-state index in [4.69, 9.17) is 5.73 Å². The van der Waals surface area contributed by atoms with Crippen molar-refractivity contribution in [2.24, 2.45) is 11.7 Å². The van der Waals surface area contributed by atoms with Gasteiger partial charge in [-0.05, 0) is 37.1 Å². The third-order valence-corrected chi connectivity index (χ3v) is 3.05.